The van der Waals surface area contributed by atoms with Crippen molar-refractivity contribution in [3.63, 3.8) is 0 Å². The Bertz CT molecular complexity index is 712. The van der Waals surface area contributed by atoms with Crippen LogP contribution >= 0.6 is 11.3 Å². The number of urea groups is 1. The Kier molecular flexibility index (Phi) is 5.11. The van der Waals surface area contributed by atoms with Gasteiger partial charge in [-0.15, -0.1) is 11.3 Å². The van der Waals surface area contributed by atoms with Gasteiger partial charge in [0.1, 0.15) is 5.01 Å². The van der Waals surface area contributed by atoms with Gasteiger partial charge in [-0.1, -0.05) is 12.1 Å². The first-order valence-electron chi connectivity index (χ1n) is 8.30. The molecule has 2 N–H and O–H groups in total. The summed E-state index contributed by atoms with van der Waals surface area (Å²) in [5.74, 6) is -0.269. The van der Waals surface area contributed by atoms with Crippen molar-refractivity contribution < 1.29 is 9.59 Å². The highest BCUT2D eigenvalue weighted by Crippen LogP contribution is 2.37. The van der Waals surface area contributed by atoms with Gasteiger partial charge in [0.15, 0.2) is 0 Å². The maximum atomic E-state index is 12.3. The number of amides is 3. The predicted molar refractivity (Wildman–Crippen MR) is 95.0 cm³/mol. The molecule has 2 atom stereocenters. The summed E-state index contributed by atoms with van der Waals surface area (Å²) in [7, 11) is 0. The fourth-order valence-corrected chi connectivity index (χ4v) is 4.25. The third-order valence-electron chi connectivity index (χ3n) is 4.34. The van der Waals surface area contributed by atoms with Gasteiger partial charge in [-0.05, 0) is 45.4 Å². The molecule has 1 aliphatic heterocycles. The van der Waals surface area contributed by atoms with E-state index in [1.807, 2.05) is 32.0 Å². The van der Waals surface area contributed by atoms with Gasteiger partial charge < -0.3 is 5.32 Å². The van der Waals surface area contributed by atoms with Crippen molar-refractivity contribution in [2.24, 2.45) is 0 Å². The highest BCUT2D eigenvalue weighted by atomic mass is 32.1. The van der Waals surface area contributed by atoms with E-state index in [0.717, 1.165) is 29.9 Å². The standard InChI is InChI=1S/C17H22N4O2S/c1-3-18-17(23)20-15(22)11(2)21-10-6-8-13(21)16-19-12-7-4-5-9-14(12)24-16/h4-5,7,9,11,13H,3,6,8,10H2,1-2H3,(H2,18,20,22,23). The molecule has 3 rings (SSSR count). The summed E-state index contributed by atoms with van der Waals surface area (Å²) in [6.45, 7) is 4.99. The van der Waals surface area contributed by atoms with Crippen molar-refractivity contribution in [2.45, 2.75) is 38.8 Å². The molecule has 0 bridgehead atoms. The number of fused-ring (bicyclic) bond motifs is 1. The van der Waals surface area contributed by atoms with Crippen LogP contribution in [0.25, 0.3) is 10.2 Å². The summed E-state index contributed by atoms with van der Waals surface area (Å²) in [5, 5.41) is 6.04. The minimum absolute atomic E-state index is 0.136. The van der Waals surface area contributed by atoms with Crippen LogP contribution in [0.2, 0.25) is 0 Å². The van der Waals surface area contributed by atoms with Gasteiger partial charge in [-0.3, -0.25) is 15.0 Å². The van der Waals surface area contributed by atoms with Crippen LogP contribution in [0.3, 0.4) is 0 Å². The van der Waals surface area contributed by atoms with E-state index < -0.39 is 6.03 Å². The Labute approximate surface area is 145 Å². The zero-order valence-electron chi connectivity index (χ0n) is 13.9. The molecule has 0 radical (unpaired) electrons. The Morgan fingerprint density at radius 3 is 2.96 bits per heavy atom. The molecule has 1 fully saturated rings. The number of imide groups is 1. The molecule has 0 aliphatic carbocycles. The summed E-state index contributed by atoms with van der Waals surface area (Å²) in [5.41, 5.74) is 1.00. The van der Waals surface area contributed by atoms with Crippen LogP contribution in [0.5, 0.6) is 0 Å². The van der Waals surface area contributed by atoms with Gasteiger partial charge in [-0.25, -0.2) is 9.78 Å². The van der Waals surface area contributed by atoms with Gasteiger partial charge in [0, 0.05) is 6.54 Å². The minimum Gasteiger partial charge on any atom is -0.338 e. The van der Waals surface area contributed by atoms with E-state index in [1.54, 1.807) is 11.3 Å². The largest absolute Gasteiger partial charge is 0.338 e. The molecule has 7 heteroatoms. The molecule has 2 aromatic rings. The van der Waals surface area contributed by atoms with E-state index in [1.165, 1.54) is 4.70 Å². The highest BCUT2D eigenvalue weighted by molar-refractivity contribution is 7.18. The molecule has 0 spiro atoms. The molecule has 0 saturated carbocycles. The summed E-state index contributed by atoms with van der Waals surface area (Å²) >= 11 is 1.69. The number of rotatable bonds is 4. The van der Waals surface area contributed by atoms with E-state index in [4.69, 9.17) is 4.98 Å². The first-order valence-corrected chi connectivity index (χ1v) is 9.11. The molecule has 1 aromatic heterocycles. The molecule has 1 saturated heterocycles. The van der Waals surface area contributed by atoms with Gasteiger partial charge in [0.2, 0.25) is 5.91 Å². The molecular formula is C17H22N4O2S. The van der Waals surface area contributed by atoms with Crippen LogP contribution < -0.4 is 10.6 Å². The van der Waals surface area contributed by atoms with Crippen LogP contribution in [-0.4, -0.2) is 41.0 Å². The van der Waals surface area contributed by atoms with E-state index in [2.05, 4.69) is 21.6 Å². The van der Waals surface area contributed by atoms with Gasteiger partial charge >= 0.3 is 6.03 Å². The maximum Gasteiger partial charge on any atom is 0.321 e. The van der Waals surface area contributed by atoms with E-state index >= 15 is 0 Å². The molecule has 128 valence electrons. The van der Waals surface area contributed by atoms with Crippen LogP contribution in [0.1, 0.15) is 37.7 Å². The fraction of sp³-hybridized carbons (Fsp3) is 0.471. The normalized spacial score (nSPS) is 19.3. The Morgan fingerprint density at radius 2 is 2.21 bits per heavy atom. The predicted octanol–water partition coefficient (Wildman–Crippen LogP) is 2.67. The molecular weight excluding hydrogens is 324 g/mol. The summed E-state index contributed by atoms with van der Waals surface area (Å²) < 4.78 is 1.17. The second-order valence-corrected chi connectivity index (χ2v) is 7.00. The molecule has 2 unspecified atom stereocenters. The van der Waals surface area contributed by atoms with Crippen molar-refractivity contribution in [1.82, 2.24) is 20.5 Å². The Morgan fingerprint density at radius 1 is 1.42 bits per heavy atom. The Balaban J connectivity index is 1.74. The second kappa shape index (κ2) is 7.27. The number of carbonyl (C=O) groups is 2. The SMILES string of the molecule is CCNC(=O)NC(=O)C(C)N1CCCC1c1nc2ccccc2s1. The van der Waals surface area contributed by atoms with Crippen molar-refractivity contribution in [3.05, 3.63) is 29.3 Å². The molecule has 3 amide bonds. The lowest BCUT2D eigenvalue weighted by atomic mass is 10.2. The first-order chi connectivity index (χ1) is 11.6. The number of nitrogens with one attached hydrogen (secondary N) is 2. The van der Waals surface area contributed by atoms with Crippen LogP contribution in [0.4, 0.5) is 4.79 Å². The molecule has 6 nitrogen and oxygen atoms in total. The average molecular weight is 346 g/mol. The number of likely N-dealkylation sites (tertiary alicyclic amines) is 1. The number of hydrogen-bond donors (Lipinski definition) is 2. The zero-order valence-corrected chi connectivity index (χ0v) is 14.7. The van der Waals surface area contributed by atoms with E-state index in [0.29, 0.717) is 6.54 Å². The second-order valence-electron chi connectivity index (χ2n) is 5.94. The summed E-state index contributed by atoms with van der Waals surface area (Å²) in [6.07, 6.45) is 2.01. The van der Waals surface area contributed by atoms with Gasteiger partial charge in [-0.2, -0.15) is 0 Å². The third-order valence-corrected chi connectivity index (χ3v) is 5.48. The van der Waals surface area contributed by atoms with Crippen molar-refractivity contribution >= 4 is 33.5 Å². The molecule has 2 heterocycles. The molecule has 1 aliphatic rings. The number of carbonyl (C=O) groups excluding carboxylic acids is 2. The quantitative estimate of drug-likeness (QED) is 0.892. The molecule has 24 heavy (non-hydrogen) atoms. The topological polar surface area (TPSA) is 74.3 Å². The smallest absolute Gasteiger partial charge is 0.321 e. The average Bonchev–Trinajstić information content (AvgIpc) is 3.20. The molecule has 1 aromatic carbocycles. The lowest BCUT2D eigenvalue weighted by molar-refractivity contribution is -0.125. The number of nitrogens with zero attached hydrogens (tertiary/aromatic N) is 2. The number of thiazole rings is 1. The third kappa shape index (κ3) is 3.42. The monoisotopic (exact) mass is 346 g/mol. The van der Waals surface area contributed by atoms with E-state index in [-0.39, 0.29) is 18.0 Å². The van der Waals surface area contributed by atoms with Crippen LogP contribution in [0.15, 0.2) is 24.3 Å². The van der Waals surface area contributed by atoms with Gasteiger partial charge in [0.05, 0.1) is 22.3 Å². The Hall–Kier alpha value is -1.99. The number of aromatic nitrogens is 1. The highest BCUT2D eigenvalue weighted by Gasteiger charge is 2.35. The first kappa shape index (κ1) is 16.9. The maximum absolute atomic E-state index is 12.3. The summed E-state index contributed by atoms with van der Waals surface area (Å²) in [6, 6.07) is 7.41. The van der Waals surface area contributed by atoms with Crippen molar-refractivity contribution in [1.29, 1.82) is 0 Å². The minimum atomic E-state index is -0.440. The number of para-hydroxylation sites is 1. The van der Waals surface area contributed by atoms with Gasteiger partial charge in [0.25, 0.3) is 0 Å². The van der Waals surface area contributed by atoms with Crippen LogP contribution in [-0.2, 0) is 4.79 Å². The number of hydrogen-bond acceptors (Lipinski definition) is 5. The lowest BCUT2D eigenvalue weighted by Crippen LogP contribution is -2.49. The van der Waals surface area contributed by atoms with Crippen molar-refractivity contribution in [2.75, 3.05) is 13.1 Å². The van der Waals surface area contributed by atoms with Crippen LogP contribution in [0, 0.1) is 0 Å². The van der Waals surface area contributed by atoms with Crippen molar-refractivity contribution in [3.8, 4) is 0 Å². The fourth-order valence-electron chi connectivity index (χ4n) is 3.12. The van der Waals surface area contributed by atoms with E-state index in [9.17, 15) is 9.59 Å². The summed E-state index contributed by atoms with van der Waals surface area (Å²) in [4.78, 5) is 30.8. The zero-order chi connectivity index (χ0) is 17.1. The lowest BCUT2D eigenvalue weighted by Gasteiger charge is -2.28. The number of benzene rings is 1.